The first-order chi connectivity index (χ1) is 8.09. The van der Waals surface area contributed by atoms with Gasteiger partial charge < -0.3 is 10.6 Å². The fourth-order valence-electron chi connectivity index (χ4n) is 2.68. The third-order valence-corrected chi connectivity index (χ3v) is 4.06. The molecule has 0 spiro atoms. The Balaban J connectivity index is 2.20. The molecule has 2 unspecified atom stereocenters. The van der Waals surface area contributed by atoms with Crippen LogP contribution in [0, 0.1) is 6.92 Å². The van der Waals surface area contributed by atoms with Crippen molar-refractivity contribution in [3.05, 3.63) is 22.3 Å². The molecule has 2 rings (SSSR count). The average Bonchev–Trinajstić information content (AvgIpc) is 2.29. The number of likely N-dealkylation sites (N-methyl/N-ethyl adjacent to an activating group) is 1. The van der Waals surface area contributed by atoms with Gasteiger partial charge >= 0.3 is 0 Å². The van der Waals surface area contributed by atoms with E-state index in [1.54, 1.807) is 0 Å². The van der Waals surface area contributed by atoms with Crippen molar-refractivity contribution in [3.8, 4) is 0 Å². The van der Waals surface area contributed by atoms with Crippen LogP contribution in [0.3, 0.4) is 0 Å². The van der Waals surface area contributed by atoms with Gasteiger partial charge in [0, 0.05) is 29.8 Å². The molecule has 1 aliphatic carbocycles. The zero-order chi connectivity index (χ0) is 12.4. The van der Waals surface area contributed by atoms with Crippen LogP contribution >= 0.6 is 15.9 Å². The van der Waals surface area contributed by atoms with Crippen LogP contribution in [0.2, 0.25) is 0 Å². The molecule has 2 atom stereocenters. The SMILES string of the molecule is Cc1cc(Br)cnc1N(C)C1CCCCC1N. The van der Waals surface area contributed by atoms with E-state index < -0.39 is 0 Å². The second-order valence-corrected chi connectivity index (χ2v) is 5.84. The summed E-state index contributed by atoms with van der Waals surface area (Å²) in [6, 6.07) is 2.81. The van der Waals surface area contributed by atoms with E-state index in [1.165, 1.54) is 24.8 Å². The molecule has 0 bridgehead atoms. The molecule has 3 nitrogen and oxygen atoms in total. The van der Waals surface area contributed by atoms with E-state index in [9.17, 15) is 0 Å². The third kappa shape index (κ3) is 2.80. The predicted molar refractivity (Wildman–Crippen MR) is 75.3 cm³/mol. The standard InChI is InChI=1S/C13H20BrN3/c1-9-7-10(14)8-16-13(9)17(2)12-6-4-3-5-11(12)15/h7-8,11-12H,3-6,15H2,1-2H3. The van der Waals surface area contributed by atoms with E-state index in [-0.39, 0.29) is 6.04 Å². The number of anilines is 1. The van der Waals surface area contributed by atoms with Gasteiger partial charge in [-0.25, -0.2) is 4.98 Å². The maximum Gasteiger partial charge on any atom is 0.131 e. The highest BCUT2D eigenvalue weighted by atomic mass is 79.9. The Morgan fingerprint density at radius 2 is 2.12 bits per heavy atom. The molecule has 4 heteroatoms. The number of rotatable bonds is 2. The van der Waals surface area contributed by atoms with Gasteiger partial charge in [0.2, 0.25) is 0 Å². The highest BCUT2D eigenvalue weighted by Gasteiger charge is 2.26. The summed E-state index contributed by atoms with van der Waals surface area (Å²) >= 11 is 3.45. The van der Waals surface area contributed by atoms with Crippen LogP contribution in [-0.2, 0) is 0 Å². The molecule has 1 aromatic heterocycles. The van der Waals surface area contributed by atoms with E-state index in [4.69, 9.17) is 5.73 Å². The lowest BCUT2D eigenvalue weighted by Gasteiger charge is -2.37. The van der Waals surface area contributed by atoms with Crippen molar-refractivity contribution in [2.24, 2.45) is 5.73 Å². The number of aromatic nitrogens is 1. The minimum absolute atomic E-state index is 0.276. The van der Waals surface area contributed by atoms with Crippen LogP contribution < -0.4 is 10.6 Å². The van der Waals surface area contributed by atoms with Crippen molar-refractivity contribution in [3.63, 3.8) is 0 Å². The average molecular weight is 298 g/mol. The molecule has 1 heterocycles. The van der Waals surface area contributed by atoms with Gasteiger partial charge in [-0.3, -0.25) is 0 Å². The summed E-state index contributed by atoms with van der Waals surface area (Å²) in [5.41, 5.74) is 7.41. The highest BCUT2D eigenvalue weighted by molar-refractivity contribution is 9.10. The summed E-state index contributed by atoms with van der Waals surface area (Å²) in [7, 11) is 2.11. The molecule has 0 amide bonds. The van der Waals surface area contributed by atoms with Crippen LogP contribution in [0.15, 0.2) is 16.7 Å². The van der Waals surface area contributed by atoms with Gasteiger partial charge in [-0.1, -0.05) is 12.8 Å². The Morgan fingerprint density at radius 1 is 1.41 bits per heavy atom. The molecule has 1 aliphatic rings. The lowest BCUT2D eigenvalue weighted by atomic mass is 9.90. The van der Waals surface area contributed by atoms with Gasteiger partial charge in [-0.05, 0) is 47.3 Å². The van der Waals surface area contributed by atoms with Crippen molar-refractivity contribution in [2.75, 3.05) is 11.9 Å². The smallest absolute Gasteiger partial charge is 0.131 e. The number of halogens is 1. The second kappa shape index (κ2) is 5.36. The molecule has 17 heavy (non-hydrogen) atoms. The molecular weight excluding hydrogens is 278 g/mol. The zero-order valence-electron chi connectivity index (χ0n) is 10.5. The summed E-state index contributed by atoms with van der Waals surface area (Å²) in [5, 5.41) is 0. The van der Waals surface area contributed by atoms with Crippen molar-refractivity contribution in [2.45, 2.75) is 44.7 Å². The van der Waals surface area contributed by atoms with Crippen LogP contribution in [-0.4, -0.2) is 24.1 Å². The van der Waals surface area contributed by atoms with E-state index in [2.05, 4.69) is 45.9 Å². The summed E-state index contributed by atoms with van der Waals surface area (Å²) in [6.07, 6.45) is 6.70. The lowest BCUT2D eigenvalue weighted by molar-refractivity contribution is 0.372. The summed E-state index contributed by atoms with van der Waals surface area (Å²) in [6.45, 7) is 2.10. The number of hydrogen-bond acceptors (Lipinski definition) is 3. The largest absolute Gasteiger partial charge is 0.355 e. The Kier molecular flexibility index (Phi) is 4.05. The van der Waals surface area contributed by atoms with Gasteiger partial charge in [0.15, 0.2) is 0 Å². The second-order valence-electron chi connectivity index (χ2n) is 4.92. The number of aryl methyl sites for hydroxylation is 1. The van der Waals surface area contributed by atoms with Crippen molar-refractivity contribution in [1.82, 2.24) is 4.98 Å². The Morgan fingerprint density at radius 3 is 2.76 bits per heavy atom. The highest BCUT2D eigenvalue weighted by Crippen LogP contribution is 2.27. The molecule has 2 N–H and O–H groups in total. The van der Waals surface area contributed by atoms with Gasteiger partial charge in [0.05, 0.1) is 0 Å². The summed E-state index contributed by atoms with van der Waals surface area (Å²) in [4.78, 5) is 6.77. The molecular formula is C13H20BrN3. The number of nitrogens with zero attached hydrogens (tertiary/aromatic N) is 2. The first kappa shape index (κ1) is 12.8. The fraction of sp³-hybridized carbons (Fsp3) is 0.615. The third-order valence-electron chi connectivity index (χ3n) is 3.63. The van der Waals surface area contributed by atoms with Gasteiger partial charge in [0.25, 0.3) is 0 Å². The predicted octanol–water partition coefficient (Wildman–Crippen LogP) is 2.86. The molecule has 1 saturated carbocycles. The van der Waals surface area contributed by atoms with Crippen LogP contribution in [0.5, 0.6) is 0 Å². The Bertz CT molecular complexity index is 394. The zero-order valence-corrected chi connectivity index (χ0v) is 12.1. The number of nitrogens with two attached hydrogens (primary N) is 1. The summed E-state index contributed by atoms with van der Waals surface area (Å²) in [5.74, 6) is 1.05. The molecule has 0 radical (unpaired) electrons. The molecule has 0 aromatic carbocycles. The van der Waals surface area contributed by atoms with Crippen molar-refractivity contribution < 1.29 is 0 Å². The molecule has 1 aromatic rings. The van der Waals surface area contributed by atoms with E-state index in [0.29, 0.717) is 6.04 Å². The maximum atomic E-state index is 6.22. The first-order valence-electron chi connectivity index (χ1n) is 6.20. The van der Waals surface area contributed by atoms with E-state index >= 15 is 0 Å². The summed E-state index contributed by atoms with van der Waals surface area (Å²) < 4.78 is 1.03. The molecule has 94 valence electrons. The first-order valence-corrected chi connectivity index (χ1v) is 6.99. The van der Waals surface area contributed by atoms with Gasteiger partial charge in [0.1, 0.15) is 5.82 Å². The molecule has 1 fully saturated rings. The minimum atomic E-state index is 0.276. The normalized spacial score (nSPS) is 24.7. The van der Waals surface area contributed by atoms with Gasteiger partial charge in [-0.15, -0.1) is 0 Å². The van der Waals surface area contributed by atoms with Crippen LogP contribution in [0.25, 0.3) is 0 Å². The number of pyridine rings is 1. The van der Waals surface area contributed by atoms with Crippen LogP contribution in [0.1, 0.15) is 31.2 Å². The minimum Gasteiger partial charge on any atom is -0.355 e. The quantitative estimate of drug-likeness (QED) is 0.913. The Hall–Kier alpha value is -0.610. The maximum absolute atomic E-state index is 6.22. The fourth-order valence-corrected chi connectivity index (χ4v) is 3.13. The number of hydrogen-bond donors (Lipinski definition) is 1. The lowest BCUT2D eigenvalue weighted by Crippen LogP contribution is -2.48. The molecule has 0 saturated heterocycles. The molecule has 0 aliphatic heterocycles. The Labute approximate surface area is 112 Å². The topological polar surface area (TPSA) is 42.2 Å². The van der Waals surface area contributed by atoms with Crippen molar-refractivity contribution in [1.29, 1.82) is 0 Å². The van der Waals surface area contributed by atoms with Crippen LogP contribution in [0.4, 0.5) is 5.82 Å². The monoisotopic (exact) mass is 297 g/mol. The van der Waals surface area contributed by atoms with E-state index in [1.807, 2.05) is 6.20 Å². The van der Waals surface area contributed by atoms with Gasteiger partial charge in [-0.2, -0.15) is 0 Å². The van der Waals surface area contributed by atoms with E-state index in [0.717, 1.165) is 16.7 Å². The van der Waals surface area contributed by atoms with Crippen molar-refractivity contribution >= 4 is 21.7 Å².